The van der Waals surface area contributed by atoms with Crippen molar-refractivity contribution in [2.75, 3.05) is 4.72 Å². The largest absolute Gasteiger partial charge is 0.280 e. The highest BCUT2D eigenvalue weighted by atomic mass is 32.2. The average Bonchev–Trinajstić information content (AvgIpc) is 3.12. The van der Waals surface area contributed by atoms with Crippen molar-refractivity contribution in [1.82, 2.24) is 4.98 Å². The Morgan fingerprint density at radius 3 is 2.59 bits per heavy atom. The van der Waals surface area contributed by atoms with Crippen LogP contribution in [-0.2, 0) is 10.0 Å². The Morgan fingerprint density at radius 1 is 0.963 bits per heavy atom. The second-order valence-electron chi connectivity index (χ2n) is 5.81. The number of rotatable bonds is 4. The fraction of sp³-hybridized carbons (Fsp3) is 0. The van der Waals surface area contributed by atoms with E-state index in [0.29, 0.717) is 11.3 Å². The van der Waals surface area contributed by atoms with Gasteiger partial charge in [0.05, 0.1) is 26.7 Å². The molecule has 0 unspecified atom stereocenters. The lowest BCUT2D eigenvalue weighted by Gasteiger charge is -2.09. The monoisotopic (exact) mass is 391 g/mol. The third kappa shape index (κ3) is 3.53. The Bertz CT molecular complexity index is 1250. The summed E-state index contributed by atoms with van der Waals surface area (Å²) in [6, 6.07) is 22.8. The first kappa shape index (κ1) is 17.2. The molecule has 0 saturated carbocycles. The molecule has 0 aliphatic heterocycles. The first-order chi connectivity index (χ1) is 13.0. The molecule has 4 aromatic rings. The molecule has 4 rings (SSSR count). The Balaban J connectivity index is 1.67. The number of fused-ring (bicyclic) bond motifs is 1. The minimum atomic E-state index is -3.79. The Labute approximate surface area is 160 Å². The maximum atomic E-state index is 12.6. The summed E-state index contributed by atoms with van der Waals surface area (Å²) < 4.78 is 28.9. The van der Waals surface area contributed by atoms with Crippen molar-refractivity contribution in [3.63, 3.8) is 0 Å². The van der Waals surface area contributed by atoms with Crippen LogP contribution in [0.25, 0.3) is 20.8 Å². The molecule has 0 spiro atoms. The topological polar surface area (TPSA) is 82.8 Å². The first-order valence-electron chi connectivity index (χ1n) is 8.04. The lowest BCUT2D eigenvalue weighted by atomic mass is 10.2. The van der Waals surface area contributed by atoms with Gasteiger partial charge < -0.3 is 0 Å². The van der Waals surface area contributed by atoms with E-state index in [1.54, 1.807) is 41.7 Å². The molecule has 132 valence electrons. The van der Waals surface area contributed by atoms with Gasteiger partial charge in [-0.3, -0.25) is 4.72 Å². The molecule has 3 aromatic carbocycles. The van der Waals surface area contributed by atoms with Crippen molar-refractivity contribution in [3.8, 4) is 16.6 Å². The van der Waals surface area contributed by atoms with Crippen molar-refractivity contribution in [1.29, 1.82) is 5.26 Å². The van der Waals surface area contributed by atoms with Crippen LogP contribution < -0.4 is 4.72 Å². The standard InChI is InChI=1S/C20H13N3O2S2/c21-13-14-5-3-8-17(11-14)27(24,25)23-16-7-4-6-15(12-16)20-22-18-9-1-2-10-19(18)26-20/h1-12,23H. The number of anilines is 1. The summed E-state index contributed by atoms with van der Waals surface area (Å²) in [6.07, 6.45) is 0. The fourth-order valence-electron chi connectivity index (χ4n) is 2.66. The smallest absolute Gasteiger partial charge is 0.261 e. The molecule has 0 bridgehead atoms. The van der Waals surface area contributed by atoms with Crippen LogP contribution in [0.15, 0.2) is 77.7 Å². The summed E-state index contributed by atoms with van der Waals surface area (Å²) in [7, 11) is -3.79. The minimum absolute atomic E-state index is 0.0481. The molecule has 0 aliphatic carbocycles. The van der Waals surface area contributed by atoms with Crippen LogP contribution in [0.5, 0.6) is 0 Å². The molecule has 0 radical (unpaired) electrons. The second-order valence-corrected chi connectivity index (χ2v) is 8.53. The van der Waals surface area contributed by atoms with Gasteiger partial charge in [0, 0.05) is 11.3 Å². The molecule has 1 N–H and O–H groups in total. The number of para-hydroxylation sites is 1. The number of nitrogens with one attached hydrogen (secondary N) is 1. The highest BCUT2D eigenvalue weighted by Crippen LogP contribution is 2.31. The molecule has 0 atom stereocenters. The summed E-state index contributed by atoms with van der Waals surface area (Å²) in [5.41, 5.74) is 2.48. The molecule has 1 heterocycles. The maximum Gasteiger partial charge on any atom is 0.261 e. The van der Waals surface area contributed by atoms with Crippen molar-refractivity contribution < 1.29 is 8.42 Å². The number of aromatic nitrogens is 1. The zero-order valence-electron chi connectivity index (χ0n) is 14.0. The molecule has 0 amide bonds. The number of nitrogens with zero attached hydrogens (tertiary/aromatic N) is 2. The molecule has 0 aliphatic rings. The summed E-state index contributed by atoms with van der Waals surface area (Å²) in [5, 5.41) is 9.79. The van der Waals surface area contributed by atoms with Gasteiger partial charge in [-0.1, -0.05) is 30.3 Å². The van der Waals surface area contributed by atoms with Gasteiger partial charge in [0.2, 0.25) is 0 Å². The zero-order valence-corrected chi connectivity index (χ0v) is 15.6. The van der Waals surface area contributed by atoms with Crippen molar-refractivity contribution in [3.05, 3.63) is 78.4 Å². The van der Waals surface area contributed by atoms with E-state index in [0.717, 1.165) is 20.8 Å². The summed E-state index contributed by atoms with van der Waals surface area (Å²) in [5.74, 6) is 0. The van der Waals surface area contributed by atoms with E-state index in [2.05, 4.69) is 9.71 Å². The minimum Gasteiger partial charge on any atom is -0.280 e. The number of thiazole rings is 1. The lowest BCUT2D eigenvalue weighted by Crippen LogP contribution is -2.13. The second kappa shape index (κ2) is 6.83. The summed E-state index contributed by atoms with van der Waals surface area (Å²) in [6.45, 7) is 0. The lowest BCUT2D eigenvalue weighted by molar-refractivity contribution is 0.601. The number of hydrogen-bond acceptors (Lipinski definition) is 5. The van der Waals surface area contributed by atoms with Gasteiger partial charge in [-0.15, -0.1) is 11.3 Å². The van der Waals surface area contributed by atoms with Crippen LogP contribution in [0.2, 0.25) is 0 Å². The highest BCUT2D eigenvalue weighted by Gasteiger charge is 2.15. The van der Waals surface area contributed by atoms with Crippen molar-refractivity contribution in [2.45, 2.75) is 4.90 Å². The normalized spacial score (nSPS) is 11.2. The zero-order chi connectivity index (χ0) is 18.9. The molecular formula is C20H13N3O2S2. The molecular weight excluding hydrogens is 378 g/mol. The molecule has 0 fully saturated rings. The van der Waals surface area contributed by atoms with Gasteiger partial charge in [-0.05, 0) is 42.5 Å². The molecule has 1 aromatic heterocycles. The molecule has 7 heteroatoms. The van der Waals surface area contributed by atoms with Gasteiger partial charge >= 0.3 is 0 Å². The van der Waals surface area contributed by atoms with Gasteiger partial charge in [0.25, 0.3) is 10.0 Å². The van der Waals surface area contributed by atoms with E-state index < -0.39 is 10.0 Å². The van der Waals surface area contributed by atoms with Gasteiger partial charge in [-0.25, -0.2) is 13.4 Å². The van der Waals surface area contributed by atoms with E-state index in [1.807, 2.05) is 36.4 Å². The quantitative estimate of drug-likeness (QED) is 0.549. The SMILES string of the molecule is N#Cc1cccc(S(=O)(=O)Nc2cccc(-c3nc4ccccc4s3)c2)c1. The Hall–Kier alpha value is -3.21. The Morgan fingerprint density at radius 2 is 1.78 bits per heavy atom. The average molecular weight is 391 g/mol. The number of hydrogen-bond donors (Lipinski definition) is 1. The number of nitriles is 1. The van der Waals surface area contributed by atoms with E-state index in [4.69, 9.17) is 5.26 Å². The number of benzene rings is 3. The van der Waals surface area contributed by atoms with E-state index >= 15 is 0 Å². The number of sulfonamides is 1. The molecule has 0 saturated heterocycles. The van der Waals surface area contributed by atoms with Crippen LogP contribution in [0.4, 0.5) is 5.69 Å². The van der Waals surface area contributed by atoms with E-state index in [9.17, 15) is 8.42 Å². The molecule has 27 heavy (non-hydrogen) atoms. The fourth-order valence-corrected chi connectivity index (χ4v) is 4.72. The summed E-state index contributed by atoms with van der Waals surface area (Å²) >= 11 is 1.55. The van der Waals surface area contributed by atoms with Crippen molar-refractivity contribution >= 4 is 37.3 Å². The maximum absolute atomic E-state index is 12.6. The Kier molecular flexibility index (Phi) is 4.36. The van der Waals surface area contributed by atoms with E-state index in [-0.39, 0.29) is 4.90 Å². The first-order valence-corrected chi connectivity index (χ1v) is 10.3. The predicted octanol–water partition coefficient (Wildman–Crippen LogP) is 4.64. The summed E-state index contributed by atoms with van der Waals surface area (Å²) in [4.78, 5) is 4.65. The van der Waals surface area contributed by atoms with Crippen LogP contribution in [0.1, 0.15) is 5.56 Å². The third-order valence-electron chi connectivity index (χ3n) is 3.93. The van der Waals surface area contributed by atoms with Crippen LogP contribution in [0.3, 0.4) is 0 Å². The molecule has 5 nitrogen and oxygen atoms in total. The van der Waals surface area contributed by atoms with Crippen LogP contribution in [-0.4, -0.2) is 13.4 Å². The van der Waals surface area contributed by atoms with Gasteiger partial charge in [0.15, 0.2) is 0 Å². The van der Waals surface area contributed by atoms with Crippen LogP contribution >= 0.6 is 11.3 Å². The highest BCUT2D eigenvalue weighted by molar-refractivity contribution is 7.92. The van der Waals surface area contributed by atoms with Crippen LogP contribution in [0, 0.1) is 11.3 Å². The van der Waals surface area contributed by atoms with Gasteiger partial charge in [0.1, 0.15) is 5.01 Å². The van der Waals surface area contributed by atoms with Gasteiger partial charge in [-0.2, -0.15) is 5.26 Å². The predicted molar refractivity (Wildman–Crippen MR) is 107 cm³/mol. The third-order valence-corrected chi connectivity index (χ3v) is 6.39. The van der Waals surface area contributed by atoms with E-state index in [1.165, 1.54) is 12.1 Å². The van der Waals surface area contributed by atoms with Crippen molar-refractivity contribution in [2.24, 2.45) is 0 Å².